The lowest BCUT2D eigenvalue weighted by Crippen LogP contribution is -2.30. The van der Waals surface area contributed by atoms with Gasteiger partial charge in [0.25, 0.3) is 0 Å². The van der Waals surface area contributed by atoms with Gasteiger partial charge in [-0.15, -0.1) is 0 Å². The van der Waals surface area contributed by atoms with E-state index in [0.29, 0.717) is 11.7 Å². The Morgan fingerprint density at radius 2 is 1.82 bits per heavy atom. The average Bonchev–Trinajstić information content (AvgIpc) is 3.46. The van der Waals surface area contributed by atoms with E-state index in [9.17, 15) is 0 Å². The highest BCUT2D eigenvalue weighted by molar-refractivity contribution is 9.10. The average molecular weight is 533 g/mol. The number of rotatable bonds is 6. The third kappa shape index (κ3) is 4.21. The van der Waals surface area contributed by atoms with Crippen LogP contribution < -0.4 is 15.0 Å². The van der Waals surface area contributed by atoms with Crippen molar-refractivity contribution in [2.45, 2.75) is 25.9 Å². The van der Waals surface area contributed by atoms with Crippen molar-refractivity contribution in [1.82, 2.24) is 14.9 Å². The number of thiocarbonyl (C=S) groups is 1. The van der Waals surface area contributed by atoms with Gasteiger partial charge in [-0.3, -0.25) is 4.98 Å². The van der Waals surface area contributed by atoms with Gasteiger partial charge in [0, 0.05) is 33.9 Å². The molecule has 7 heteroatoms. The molecule has 34 heavy (non-hydrogen) atoms. The Bertz CT molecular complexity index is 1310. The van der Waals surface area contributed by atoms with Crippen molar-refractivity contribution in [3.8, 4) is 11.4 Å². The normalized spacial score (nSPS) is 17.6. The maximum atomic E-state index is 5.88. The molecule has 3 heterocycles. The van der Waals surface area contributed by atoms with Crippen LogP contribution in [0, 0.1) is 6.92 Å². The topological polar surface area (TPSA) is 42.3 Å². The van der Waals surface area contributed by atoms with Crippen LogP contribution >= 0.6 is 28.1 Å². The fraction of sp³-hybridized carbons (Fsp3) is 0.185. The first-order valence-electron chi connectivity index (χ1n) is 11.2. The zero-order valence-electron chi connectivity index (χ0n) is 19.0. The molecular weight excluding hydrogens is 508 g/mol. The molecule has 0 spiro atoms. The molecule has 2 atom stereocenters. The van der Waals surface area contributed by atoms with Crippen molar-refractivity contribution in [2.24, 2.45) is 0 Å². The maximum absolute atomic E-state index is 5.88. The Morgan fingerprint density at radius 1 is 1.03 bits per heavy atom. The fourth-order valence-electron chi connectivity index (χ4n) is 4.45. The fourth-order valence-corrected chi connectivity index (χ4v) is 5.04. The standard InChI is InChI=1S/C27H25BrN4OS/c1-3-33-21-12-9-19(10-13-21)31-16-6-8-24(31)26-25(23-7-4-5-15-29-23)30-27(34)32(26)20-11-14-22(28)18(2)17-20/h4-17,25-26H,3H2,1-2H3,(H,30,34)/t25-,26+/m0/s1. The van der Waals surface area contributed by atoms with Crippen LogP contribution in [0.4, 0.5) is 5.69 Å². The Balaban J connectivity index is 1.62. The molecule has 1 aliphatic rings. The third-order valence-corrected chi connectivity index (χ3v) is 7.23. The van der Waals surface area contributed by atoms with Crippen molar-refractivity contribution in [2.75, 3.05) is 11.5 Å². The highest BCUT2D eigenvalue weighted by atomic mass is 79.9. The molecule has 0 aliphatic carbocycles. The van der Waals surface area contributed by atoms with Gasteiger partial charge in [-0.1, -0.05) is 22.0 Å². The van der Waals surface area contributed by atoms with E-state index < -0.39 is 0 Å². The predicted octanol–water partition coefficient (Wildman–Crippen LogP) is 6.52. The van der Waals surface area contributed by atoms with Crippen LogP contribution in [-0.4, -0.2) is 21.3 Å². The minimum atomic E-state index is -0.103. The Labute approximate surface area is 213 Å². The highest BCUT2D eigenvalue weighted by Gasteiger charge is 2.42. The van der Waals surface area contributed by atoms with Crippen molar-refractivity contribution < 1.29 is 4.74 Å². The van der Waals surface area contributed by atoms with Gasteiger partial charge in [-0.05, 0) is 98.4 Å². The molecule has 0 unspecified atom stereocenters. The van der Waals surface area contributed by atoms with Gasteiger partial charge in [-0.25, -0.2) is 0 Å². The van der Waals surface area contributed by atoms with Crippen LogP contribution in [0.2, 0.25) is 0 Å². The molecule has 2 aromatic carbocycles. The smallest absolute Gasteiger partial charge is 0.174 e. The van der Waals surface area contributed by atoms with Crippen LogP contribution in [0.15, 0.2) is 89.7 Å². The first kappa shape index (κ1) is 22.6. The van der Waals surface area contributed by atoms with Crippen LogP contribution in [-0.2, 0) is 0 Å². The second-order valence-electron chi connectivity index (χ2n) is 8.16. The first-order valence-corrected chi connectivity index (χ1v) is 12.4. The lowest BCUT2D eigenvalue weighted by atomic mass is 10.0. The molecule has 0 amide bonds. The lowest BCUT2D eigenvalue weighted by molar-refractivity contribution is 0.340. The number of hydrogen-bond acceptors (Lipinski definition) is 3. The summed E-state index contributed by atoms with van der Waals surface area (Å²) in [5, 5.41) is 4.23. The molecule has 5 rings (SSSR count). The molecule has 0 radical (unpaired) electrons. The van der Waals surface area contributed by atoms with E-state index in [4.69, 9.17) is 17.0 Å². The Hall–Kier alpha value is -3.16. The van der Waals surface area contributed by atoms with Gasteiger partial charge in [0.1, 0.15) is 11.8 Å². The predicted molar refractivity (Wildman–Crippen MR) is 144 cm³/mol. The van der Waals surface area contributed by atoms with E-state index in [1.807, 2.05) is 43.5 Å². The molecule has 0 saturated carbocycles. The Morgan fingerprint density at radius 3 is 2.53 bits per heavy atom. The van der Waals surface area contributed by atoms with E-state index in [1.165, 1.54) is 0 Å². The summed E-state index contributed by atoms with van der Waals surface area (Å²) in [7, 11) is 0. The van der Waals surface area contributed by atoms with E-state index in [1.54, 1.807) is 0 Å². The van der Waals surface area contributed by atoms with Gasteiger partial charge in [0.2, 0.25) is 0 Å². The second-order valence-corrected chi connectivity index (χ2v) is 9.40. The van der Waals surface area contributed by atoms with Gasteiger partial charge < -0.3 is 19.5 Å². The number of anilines is 1. The summed E-state index contributed by atoms with van der Waals surface area (Å²) < 4.78 is 8.92. The molecule has 4 aromatic rings. The number of nitrogens with zero attached hydrogens (tertiary/aromatic N) is 3. The summed E-state index contributed by atoms with van der Waals surface area (Å²) in [4.78, 5) is 6.87. The summed E-state index contributed by atoms with van der Waals surface area (Å²) in [5.41, 5.74) is 5.33. The van der Waals surface area contributed by atoms with Gasteiger partial charge in [0.05, 0.1) is 18.3 Å². The van der Waals surface area contributed by atoms with E-state index in [0.717, 1.165) is 38.5 Å². The molecular formula is C27H25BrN4OS. The van der Waals surface area contributed by atoms with Crippen molar-refractivity contribution in [1.29, 1.82) is 0 Å². The number of nitrogens with one attached hydrogen (secondary N) is 1. The minimum Gasteiger partial charge on any atom is -0.494 e. The van der Waals surface area contributed by atoms with Gasteiger partial charge in [-0.2, -0.15) is 0 Å². The summed E-state index contributed by atoms with van der Waals surface area (Å²) >= 11 is 9.51. The number of aromatic nitrogens is 2. The van der Waals surface area contributed by atoms with Gasteiger partial charge in [0.15, 0.2) is 5.11 Å². The number of aryl methyl sites for hydroxylation is 1. The molecule has 172 valence electrons. The SMILES string of the molecule is CCOc1ccc(-n2cccc2[C@@H]2[C@H](c3ccccn3)NC(=S)N2c2ccc(Br)c(C)c2)cc1. The van der Waals surface area contributed by atoms with Gasteiger partial charge >= 0.3 is 0 Å². The molecule has 1 aliphatic heterocycles. The number of ether oxygens (including phenoxy) is 1. The van der Waals surface area contributed by atoms with Crippen molar-refractivity contribution in [3.63, 3.8) is 0 Å². The second kappa shape index (κ2) is 9.60. The molecule has 2 aromatic heterocycles. The van der Waals surface area contributed by atoms with Crippen molar-refractivity contribution >= 4 is 38.9 Å². The largest absolute Gasteiger partial charge is 0.494 e. The summed E-state index contributed by atoms with van der Waals surface area (Å²) in [6.07, 6.45) is 3.92. The van der Waals surface area contributed by atoms with Crippen molar-refractivity contribution in [3.05, 3.63) is 107 Å². The molecule has 1 fully saturated rings. The van der Waals surface area contributed by atoms with E-state index >= 15 is 0 Å². The number of halogens is 1. The van der Waals surface area contributed by atoms with Crippen LogP contribution in [0.1, 0.15) is 36.0 Å². The maximum Gasteiger partial charge on any atom is 0.174 e. The Kier molecular flexibility index (Phi) is 6.39. The van der Waals surface area contributed by atoms with Crippen LogP contribution in [0.3, 0.4) is 0 Å². The molecule has 1 saturated heterocycles. The summed E-state index contributed by atoms with van der Waals surface area (Å²) in [6, 6.07) is 24.6. The van der Waals surface area contributed by atoms with E-state index in [-0.39, 0.29) is 12.1 Å². The molecule has 1 N–H and O–H groups in total. The number of pyridine rings is 1. The van der Waals surface area contributed by atoms with E-state index in [2.05, 4.69) is 91.3 Å². The lowest BCUT2D eigenvalue weighted by Gasteiger charge is -2.29. The highest BCUT2D eigenvalue weighted by Crippen LogP contribution is 2.42. The third-order valence-electron chi connectivity index (χ3n) is 6.03. The molecule has 0 bridgehead atoms. The number of benzene rings is 2. The summed E-state index contributed by atoms with van der Waals surface area (Å²) in [5.74, 6) is 0.863. The zero-order valence-corrected chi connectivity index (χ0v) is 21.4. The first-order chi connectivity index (χ1) is 16.6. The zero-order chi connectivity index (χ0) is 23.7. The van der Waals surface area contributed by atoms with Crippen LogP contribution in [0.25, 0.3) is 5.69 Å². The van der Waals surface area contributed by atoms with Crippen LogP contribution in [0.5, 0.6) is 5.75 Å². The quantitative estimate of drug-likeness (QED) is 0.286. The monoisotopic (exact) mass is 532 g/mol. The minimum absolute atomic E-state index is 0.0930. The summed E-state index contributed by atoms with van der Waals surface area (Å²) in [6.45, 7) is 4.73. The molecule has 5 nitrogen and oxygen atoms in total. The number of hydrogen-bond donors (Lipinski definition) is 1.